The van der Waals surface area contributed by atoms with Crippen LogP contribution >= 0.6 is 0 Å². The van der Waals surface area contributed by atoms with Gasteiger partial charge in [0.05, 0.1) is 0 Å². The maximum Gasteiger partial charge on any atom is 0.245 e. The van der Waals surface area contributed by atoms with E-state index in [1.54, 1.807) is 31.1 Å². The highest BCUT2D eigenvalue weighted by Crippen LogP contribution is 2.16. The van der Waals surface area contributed by atoms with Crippen molar-refractivity contribution in [2.45, 2.75) is 32.2 Å². The van der Waals surface area contributed by atoms with E-state index >= 15 is 0 Å². The minimum Gasteiger partial charge on any atom is -0.344 e. The van der Waals surface area contributed by atoms with Crippen molar-refractivity contribution < 1.29 is 14.4 Å². The highest BCUT2D eigenvalue weighted by atomic mass is 16.2. The summed E-state index contributed by atoms with van der Waals surface area (Å²) >= 11 is 0. The van der Waals surface area contributed by atoms with Crippen LogP contribution in [0.2, 0.25) is 0 Å². The van der Waals surface area contributed by atoms with Crippen LogP contribution in [0.1, 0.15) is 35.2 Å². The minimum atomic E-state index is -0.382. The van der Waals surface area contributed by atoms with E-state index in [2.05, 4.69) is 0 Å². The fraction of sp³-hybridized carbons (Fsp3) is 0.471. The second-order valence-corrected chi connectivity index (χ2v) is 5.86. The summed E-state index contributed by atoms with van der Waals surface area (Å²) in [6.07, 6.45) is 0.961. The van der Waals surface area contributed by atoms with E-state index in [1.165, 1.54) is 4.90 Å². The molecule has 0 spiro atoms. The number of aryl methyl sites for hydroxylation is 1. The van der Waals surface area contributed by atoms with Gasteiger partial charge in [-0.05, 0) is 13.3 Å². The molecule has 1 heterocycles. The van der Waals surface area contributed by atoms with Crippen molar-refractivity contribution in [2.24, 2.45) is 0 Å². The predicted molar refractivity (Wildman–Crippen MR) is 83.6 cm³/mol. The van der Waals surface area contributed by atoms with Crippen molar-refractivity contribution in [3.63, 3.8) is 0 Å². The summed E-state index contributed by atoms with van der Waals surface area (Å²) in [4.78, 5) is 39.3. The van der Waals surface area contributed by atoms with Gasteiger partial charge in [0.25, 0.3) is 0 Å². The Morgan fingerprint density at radius 1 is 1.23 bits per heavy atom. The van der Waals surface area contributed by atoms with Gasteiger partial charge in [-0.25, -0.2) is 0 Å². The number of amides is 2. The van der Waals surface area contributed by atoms with Crippen LogP contribution in [-0.2, 0) is 9.59 Å². The Bertz CT molecular complexity index is 580. The number of benzene rings is 1. The second kappa shape index (κ2) is 6.73. The van der Waals surface area contributed by atoms with Crippen molar-refractivity contribution in [3.05, 3.63) is 35.4 Å². The first-order valence-electron chi connectivity index (χ1n) is 7.50. The normalized spacial score (nSPS) is 17.7. The highest BCUT2D eigenvalue weighted by molar-refractivity contribution is 5.98. The molecule has 118 valence electrons. The van der Waals surface area contributed by atoms with Gasteiger partial charge in [0, 0.05) is 39.0 Å². The van der Waals surface area contributed by atoms with Crippen LogP contribution in [0, 0.1) is 6.92 Å². The molecule has 5 heteroatoms. The number of hydrogen-bond acceptors (Lipinski definition) is 3. The summed E-state index contributed by atoms with van der Waals surface area (Å²) < 4.78 is 0. The molecule has 0 N–H and O–H groups in total. The molecule has 0 radical (unpaired) electrons. The third-order valence-electron chi connectivity index (χ3n) is 4.20. The first-order valence-corrected chi connectivity index (χ1v) is 7.50. The van der Waals surface area contributed by atoms with Crippen molar-refractivity contribution in [1.29, 1.82) is 0 Å². The van der Waals surface area contributed by atoms with Gasteiger partial charge >= 0.3 is 0 Å². The van der Waals surface area contributed by atoms with Gasteiger partial charge in [-0.15, -0.1) is 0 Å². The highest BCUT2D eigenvalue weighted by Gasteiger charge is 2.34. The molecule has 2 rings (SSSR count). The molecule has 0 saturated carbocycles. The third-order valence-corrected chi connectivity index (χ3v) is 4.20. The maximum absolute atomic E-state index is 12.2. The number of carbonyl (C=O) groups is 3. The Labute approximate surface area is 130 Å². The van der Waals surface area contributed by atoms with Gasteiger partial charge in [0.2, 0.25) is 11.8 Å². The van der Waals surface area contributed by atoms with Crippen molar-refractivity contribution in [1.82, 2.24) is 9.80 Å². The van der Waals surface area contributed by atoms with Crippen LogP contribution in [0.25, 0.3) is 0 Å². The van der Waals surface area contributed by atoms with Crippen LogP contribution in [-0.4, -0.2) is 54.1 Å². The van der Waals surface area contributed by atoms with Crippen LogP contribution in [0.4, 0.5) is 0 Å². The van der Waals surface area contributed by atoms with Gasteiger partial charge in [-0.2, -0.15) is 0 Å². The number of carbonyl (C=O) groups excluding carboxylic acids is 3. The molecular formula is C17H22N2O3. The van der Waals surface area contributed by atoms with E-state index in [0.717, 1.165) is 5.56 Å². The van der Waals surface area contributed by atoms with Crippen LogP contribution in [0.5, 0.6) is 0 Å². The lowest BCUT2D eigenvalue weighted by molar-refractivity contribution is -0.140. The summed E-state index contributed by atoms with van der Waals surface area (Å²) in [6.45, 7) is 2.63. The molecule has 1 fully saturated rings. The summed E-state index contributed by atoms with van der Waals surface area (Å²) in [5.74, 6) is -0.230. The van der Waals surface area contributed by atoms with Gasteiger partial charge in [-0.1, -0.05) is 29.8 Å². The Kier molecular flexibility index (Phi) is 4.96. The lowest BCUT2D eigenvalue weighted by Crippen LogP contribution is -2.42. The molecule has 1 aromatic carbocycles. The standard InChI is InChI=1S/C17H22N2O3/c1-12-4-6-13(7-5-12)15(20)8-9-16(21)19(3)14-10-11-18(2)17(14)22/h4-7,14H,8-11H2,1-3H3. The van der Waals surface area contributed by atoms with Gasteiger partial charge in [0.1, 0.15) is 6.04 Å². The van der Waals surface area contributed by atoms with Crippen molar-refractivity contribution in [3.8, 4) is 0 Å². The monoisotopic (exact) mass is 302 g/mol. The topological polar surface area (TPSA) is 57.7 Å². The van der Waals surface area contributed by atoms with Crippen molar-refractivity contribution in [2.75, 3.05) is 20.6 Å². The average molecular weight is 302 g/mol. The molecule has 1 atom stereocenters. The first kappa shape index (κ1) is 16.2. The zero-order valence-electron chi connectivity index (χ0n) is 13.3. The van der Waals surface area contributed by atoms with Gasteiger partial charge in [0.15, 0.2) is 5.78 Å². The molecule has 1 saturated heterocycles. The molecule has 22 heavy (non-hydrogen) atoms. The average Bonchev–Trinajstić information content (AvgIpc) is 2.84. The molecule has 0 aromatic heterocycles. The molecule has 0 aliphatic carbocycles. The van der Waals surface area contributed by atoms with Gasteiger partial charge < -0.3 is 9.80 Å². The van der Waals surface area contributed by atoms with Crippen LogP contribution in [0.3, 0.4) is 0 Å². The maximum atomic E-state index is 12.2. The first-order chi connectivity index (χ1) is 10.4. The Balaban J connectivity index is 1.88. The lowest BCUT2D eigenvalue weighted by atomic mass is 10.0. The molecule has 5 nitrogen and oxygen atoms in total. The third kappa shape index (κ3) is 3.53. The molecular weight excluding hydrogens is 280 g/mol. The quantitative estimate of drug-likeness (QED) is 0.777. The molecule has 0 bridgehead atoms. The number of hydrogen-bond donors (Lipinski definition) is 0. The summed E-state index contributed by atoms with van der Waals surface area (Å²) in [5, 5.41) is 0. The zero-order chi connectivity index (χ0) is 16.3. The fourth-order valence-electron chi connectivity index (χ4n) is 2.62. The number of rotatable bonds is 5. The number of Topliss-reactive ketones (excluding diaryl/α,β-unsaturated/α-hetero) is 1. The number of likely N-dealkylation sites (N-methyl/N-ethyl adjacent to an activating group) is 2. The summed E-state index contributed by atoms with van der Waals surface area (Å²) in [5.41, 5.74) is 1.72. The smallest absolute Gasteiger partial charge is 0.245 e. The molecule has 2 amide bonds. The second-order valence-electron chi connectivity index (χ2n) is 5.86. The fourth-order valence-corrected chi connectivity index (χ4v) is 2.62. The molecule has 1 aliphatic heterocycles. The number of ketones is 1. The van der Waals surface area contributed by atoms with E-state index in [4.69, 9.17) is 0 Å². The Morgan fingerprint density at radius 2 is 1.86 bits per heavy atom. The predicted octanol–water partition coefficient (Wildman–Crippen LogP) is 1.65. The minimum absolute atomic E-state index is 0.0271. The van der Waals surface area contributed by atoms with E-state index in [1.807, 2.05) is 19.1 Å². The number of nitrogens with zero attached hydrogens (tertiary/aromatic N) is 2. The van der Waals surface area contributed by atoms with E-state index in [0.29, 0.717) is 18.5 Å². The summed E-state index contributed by atoms with van der Waals surface area (Å²) in [7, 11) is 3.38. The number of likely N-dealkylation sites (tertiary alicyclic amines) is 1. The SMILES string of the molecule is Cc1ccc(C(=O)CCC(=O)N(C)C2CCN(C)C2=O)cc1. The molecule has 1 unspecified atom stereocenters. The Morgan fingerprint density at radius 3 is 2.41 bits per heavy atom. The largest absolute Gasteiger partial charge is 0.344 e. The van der Waals surface area contributed by atoms with Crippen molar-refractivity contribution >= 4 is 17.6 Å². The molecule has 1 aromatic rings. The van der Waals surface area contributed by atoms with Crippen LogP contribution < -0.4 is 0 Å². The van der Waals surface area contributed by atoms with Gasteiger partial charge in [-0.3, -0.25) is 14.4 Å². The zero-order valence-corrected chi connectivity index (χ0v) is 13.3. The van der Waals surface area contributed by atoms with E-state index < -0.39 is 0 Å². The van der Waals surface area contributed by atoms with E-state index in [9.17, 15) is 14.4 Å². The van der Waals surface area contributed by atoms with Crippen LogP contribution in [0.15, 0.2) is 24.3 Å². The Hall–Kier alpha value is -2.17. The van der Waals surface area contributed by atoms with E-state index in [-0.39, 0.29) is 36.5 Å². The molecule has 1 aliphatic rings. The lowest BCUT2D eigenvalue weighted by Gasteiger charge is -2.23. The summed E-state index contributed by atoms with van der Waals surface area (Å²) in [6, 6.07) is 6.94.